The van der Waals surface area contributed by atoms with Crippen molar-refractivity contribution in [1.82, 2.24) is 9.78 Å². The number of phenolic OH excluding ortho intramolecular Hbond substituents is 1. The first-order valence-corrected chi connectivity index (χ1v) is 10.1. The quantitative estimate of drug-likeness (QED) is 0.682. The van der Waals surface area contributed by atoms with Crippen LogP contribution < -0.4 is 20.3 Å². The SMILES string of the molecule is COc1cc([C@@H]2CC(=O)Nc3c2c(=O)[nH]n3C2CCCCCC2)cc(OC)c1O. The monoisotopic (exact) mass is 401 g/mol. The predicted molar refractivity (Wildman–Crippen MR) is 108 cm³/mol. The number of aromatic amines is 1. The number of ether oxygens (including phenoxy) is 2. The Labute approximate surface area is 168 Å². The summed E-state index contributed by atoms with van der Waals surface area (Å²) in [5.74, 6) is 0.351. The molecule has 2 heterocycles. The van der Waals surface area contributed by atoms with Gasteiger partial charge in [0.1, 0.15) is 5.82 Å². The third-order valence-corrected chi connectivity index (χ3v) is 6.05. The first-order chi connectivity index (χ1) is 14.0. The molecule has 1 amide bonds. The fourth-order valence-corrected chi connectivity index (χ4v) is 4.57. The average Bonchev–Trinajstić information content (AvgIpc) is 2.88. The molecule has 2 aromatic rings. The van der Waals surface area contributed by atoms with E-state index in [1.165, 1.54) is 27.1 Å². The highest BCUT2D eigenvalue weighted by molar-refractivity contribution is 5.94. The Hall–Kier alpha value is -2.90. The van der Waals surface area contributed by atoms with Crippen molar-refractivity contribution in [3.8, 4) is 17.2 Å². The van der Waals surface area contributed by atoms with Gasteiger partial charge in [0.2, 0.25) is 11.7 Å². The van der Waals surface area contributed by atoms with Gasteiger partial charge < -0.3 is 19.9 Å². The summed E-state index contributed by atoms with van der Waals surface area (Å²) in [6.45, 7) is 0. The fraction of sp³-hybridized carbons (Fsp3) is 0.524. The first kappa shape index (κ1) is 19.4. The van der Waals surface area contributed by atoms with Gasteiger partial charge in [-0.25, -0.2) is 0 Å². The van der Waals surface area contributed by atoms with Crippen LogP contribution in [-0.4, -0.2) is 35.0 Å². The lowest BCUT2D eigenvalue weighted by molar-refractivity contribution is -0.116. The summed E-state index contributed by atoms with van der Waals surface area (Å²) >= 11 is 0. The van der Waals surface area contributed by atoms with Crippen LogP contribution in [0.3, 0.4) is 0 Å². The van der Waals surface area contributed by atoms with E-state index in [1.807, 2.05) is 4.68 Å². The maximum atomic E-state index is 12.9. The van der Waals surface area contributed by atoms with Gasteiger partial charge >= 0.3 is 0 Å². The largest absolute Gasteiger partial charge is 0.502 e. The van der Waals surface area contributed by atoms with Gasteiger partial charge in [-0.15, -0.1) is 0 Å². The highest BCUT2D eigenvalue weighted by atomic mass is 16.5. The highest BCUT2D eigenvalue weighted by Crippen LogP contribution is 2.44. The second-order valence-corrected chi connectivity index (χ2v) is 7.80. The number of aromatic nitrogens is 2. The molecule has 1 aliphatic carbocycles. The molecule has 0 radical (unpaired) electrons. The molecule has 1 aromatic heterocycles. The lowest BCUT2D eigenvalue weighted by Crippen LogP contribution is -2.27. The number of anilines is 1. The molecule has 1 atom stereocenters. The molecule has 29 heavy (non-hydrogen) atoms. The van der Waals surface area contributed by atoms with Crippen LogP contribution in [0.25, 0.3) is 0 Å². The average molecular weight is 401 g/mol. The molecular weight excluding hydrogens is 374 g/mol. The maximum absolute atomic E-state index is 12.9. The lowest BCUT2D eigenvalue weighted by Gasteiger charge is -2.26. The van der Waals surface area contributed by atoms with Gasteiger partial charge in [0.05, 0.1) is 25.8 Å². The van der Waals surface area contributed by atoms with Gasteiger partial charge in [0.15, 0.2) is 11.5 Å². The van der Waals surface area contributed by atoms with Crippen LogP contribution in [0, 0.1) is 0 Å². The number of H-pyrrole nitrogens is 1. The van der Waals surface area contributed by atoms with Crippen LogP contribution in [0.1, 0.15) is 68.0 Å². The van der Waals surface area contributed by atoms with Crippen LogP contribution in [-0.2, 0) is 4.79 Å². The maximum Gasteiger partial charge on any atom is 0.270 e. The summed E-state index contributed by atoms with van der Waals surface area (Å²) in [6.07, 6.45) is 6.74. The molecule has 2 aliphatic rings. The van der Waals surface area contributed by atoms with E-state index in [0.717, 1.165) is 25.7 Å². The molecule has 1 aliphatic heterocycles. The summed E-state index contributed by atoms with van der Waals surface area (Å²) < 4.78 is 12.4. The third-order valence-electron chi connectivity index (χ3n) is 6.05. The van der Waals surface area contributed by atoms with Gasteiger partial charge in [-0.2, -0.15) is 0 Å². The number of nitrogens with one attached hydrogen (secondary N) is 2. The second-order valence-electron chi connectivity index (χ2n) is 7.80. The summed E-state index contributed by atoms with van der Waals surface area (Å²) in [6, 6.07) is 3.50. The van der Waals surface area contributed by atoms with Gasteiger partial charge in [-0.05, 0) is 30.5 Å². The number of hydrogen-bond acceptors (Lipinski definition) is 5. The number of carbonyl (C=O) groups is 1. The van der Waals surface area contributed by atoms with Crippen molar-refractivity contribution in [2.45, 2.75) is 56.9 Å². The van der Waals surface area contributed by atoms with E-state index >= 15 is 0 Å². The first-order valence-electron chi connectivity index (χ1n) is 10.1. The molecule has 1 aromatic carbocycles. The number of amides is 1. The van der Waals surface area contributed by atoms with Gasteiger partial charge in [-0.1, -0.05) is 25.7 Å². The fourth-order valence-electron chi connectivity index (χ4n) is 4.57. The summed E-state index contributed by atoms with van der Waals surface area (Å²) in [5.41, 5.74) is 1.04. The molecule has 8 heteroatoms. The smallest absolute Gasteiger partial charge is 0.270 e. The summed E-state index contributed by atoms with van der Waals surface area (Å²) in [7, 11) is 2.90. The minimum Gasteiger partial charge on any atom is -0.502 e. The van der Waals surface area contributed by atoms with E-state index in [1.54, 1.807) is 12.1 Å². The molecule has 0 spiro atoms. The van der Waals surface area contributed by atoms with Gasteiger partial charge in [0.25, 0.3) is 5.56 Å². The Morgan fingerprint density at radius 3 is 2.24 bits per heavy atom. The number of nitrogens with zero attached hydrogens (tertiary/aromatic N) is 1. The molecule has 1 saturated carbocycles. The van der Waals surface area contributed by atoms with Gasteiger partial charge in [-0.3, -0.25) is 19.4 Å². The molecular formula is C21H27N3O5. The number of phenols is 1. The number of aromatic hydroxyl groups is 1. The van der Waals surface area contributed by atoms with Gasteiger partial charge in [0, 0.05) is 12.3 Å². The van der Waals surface area contributed by atoms with Crippen LogP contribution in [0.15, 0.2) is 16.9 Å². The molecule has 0 bridgehead atoms. The standard InChI is InChI=1S/C21H27N3O5/c1-28-15-9-12(10-16(29-2)19(15)26)14-11-17(25)22-20-18(14)21(27)23-24(20)13-7-5-3-4-6-8-13/h9-10,13-14,26H,3-8,11H2,1-2H3,(H,22,25)(H,23,27)/t14-/m0/s1. The molecule has 156 valence electrons. The van der Waals surface area contributed by atoms with E-state index in [-0.39, 0.29) is 41.2 Å². The molecule has 8 nitrogen and oxygen atoms in total. The predicted octanol–water partition coefficient (Wildman–Crippen LogP) is 3.27. The summed E-state index contributed by atoms with van der Waals surface area (Å²) in [4.78, 5) is 25.5. The number of methoxy groups -OCH3 is 2. The number of rotatable bonds is 4. The summed E-state index contributed by atoms with van der Waals surface area (Å²) in [5, 5.41) is 16.1. The van der Waals surface area contributed by atoms with Crippen molar-refractivity contribution in [3.05, 3.63) is 33.6 Å². The van der Waals surface area contributed by atoms with Crippen LogP contribution in [0.4, 0.5) is 5.82 Å². The zero-order chi connectivity index (χ0) is 20.5. The molecule has 4 rings (SSSR count). The van der Waals surface area contributed by atoms with E-state index in [0.29, 0.717) is 16.9 Å². The van der Waals surface area contributed by atoms with Crippen LogP contribution in [0.5, 0.6) is 17.2 Å². The Balaban J connectivity index is 1.81. The minimum absolute atomic E-state index is 0.107. The number of benzene rings is 1. The Morgan fingerprint density at radius 2 is 1.66 bits per heavy atom. The minimum atomic E-state index is -0.446. The number of hydrogen-bond donors (Lipinski definition) is 3. The van der Waals surface area contributed by atoms with Crippen molar-refractivity contribution < 1.29 is 19.4 Å². The molecule has 0 unspecified atom stereocenters. The Morgan fingerprint density at radius 1 is 1.03 bits per heavy atom. The highest BCUT2D eigenvalue weighted by Gasteiger charge is 2.35. The van der Waals surface area contributed by atoms with E-state index in [9.17, 15) is 14.7 Å². The Bertz CT molecular complexity index is 944. The Kier molecular flexibility index (Phi) is 5.25. The number of carbonyl (C=O) groups excluding carboxylic acids is 1. The van der Waals surface area contributed by atoms with E-state index < -0.39 is 5.92 Å². The van der Waals surface area contributed by atoms with E-state index in [4.69, 9.17) is 9.47 Å². The third kappa shape index (κ3) is 3.47. The van der Waals surface area contributed by atoms with E-state index in [2.05, 4.69) is 10.4 Å². The van der Waals surface area contributed by atoms with Crippen molar-refractivity contribution in [2.75, 3.05) is 19.5 Å². The topological polar surface area (TPSA) is 106 Å². The zero-order valence-corrected chi connectivity index (χ0v) is 16.8. The lowest BCUT2D eigenvalue weighted by atomic mass is 9.86. The molecule has 0 saturated heterocycles. The van der Waals surface area contributed by atoms with Crippen molar-refractivity contribution in [1.29, 1.82) is 0 Å². The molecule has 1 fully saturated rings. The number of fused-ring (bicyclic) bond motifs is 1. The van der Waals surface area contributed by atoms with Crippen molar-refractivity contribution in [3.63, 3.8) is 0 Å². The zero-order valence-electron chi connectivity index (χ0n) is 16.8. The molecule has 3 N–H and O–H groups in total. The van der Waals surface area contributed by atoms with Crippen molar-refractivity contribution in [2.24, 2.45) is 0 Å². The second kappa shape index (κ2) is 7.85. The van der Waals surface area contributed by atoms with Crippen molar-refractivity contribution >= 4 is 11.7 Å². The van der Waals surface area contributed by atoms with Crippen LogP contribution in [0.2, 0.25) is 0 Å². The normalized spacial score (nSPS) is 19.9. The van der Waals surface area contributed by atoms with Crippen LogP contribution >= 0.6 is 0 Å².